The van der Waals surface area contributed by atoms with Gasteiger partial charge in [0.2, 0.25) is 0 Å². The van der Waals surface area contributed by atoms with Crippen LogP contribution in [0.1, 0.15) is 130 Å². The number of hydrogen-bond acceptors (Lipinski definition) is 18. The first kappa shape index (κ1) is 29.6. The van der Waals surface area contributed by atoms with Crippen molar-refractivity contribution in [3.63, 3.8) is 0 Å². The second kappa shape index (κ2) is 27.0. The van der Waals surface area contributed by atoms with Crippen LogP contribution < -0.4 is 15.9 Å². The Morgan fingerprint density at radius 1 is 0.556 bits per heavy atom. The second-order valence-electron chi connectivity index (χ2n) is 16.9. The Hall–Kier alpha value is -6.60. The van der Waals surface area contributed by atoms with E-state index < -0.39 is 151 Å². The Morgan fingerprint density at radius 2 is 0.938 bits per heavy atom. The molecule has 9 aromatic rings. The van der Waals surface area contributed by atoms with Gasteiger partial charge in [-0.2, -0.15) is 15.8 Å². The van der Waals surface area contributed by atoms with Crippen LogP contribution in [0.2, 0.25) is 17.2 Å². The average molecular weight is 1230 g/mol. The van der Waals surface area contributed by atoms with Gasteiger partial charge in [0.25, 0.3) is 0 Å². The minimum Gasteiger partial charge on any atom is -0.367 e. The maximum Gasteiger partial charge on any atom is 0.162 e. The minimum atomic E-state index is -3.85. The Balaban J connectivity index is 0.000000181. The Kier molecular flexibility index (Phi) is 9.86. The molecule has 12 rings (SSSR count). The molecule has 0 spiro atoms. The van der Waals surface area contributed by atoms with Crippen LogP contribution in [0.15, 0.2) is 91.7 Å². The van der Waals surface area contributed by atoms with E-state index in [1.165, 1.54) is 36.4 Å². The maximum absolute atomic E-state index is 9.39. The molecular formula is C60H60Cl3N15S3. The van der Waals surface area contributed by atoms with Crippen molar-refractivity contribution in [3.8, 4) is 18.2 Å². The molecule has 0 amide bonds. The van der Waals surface area contributed by atoms with E-state index in [1.807, 2.05) is 18.2 Å². The monoisotopic (exact) mass is 1220 g/mol. The fourth-order valence-corrected chi connectivity index (χ4v) is 10.2. The predicted octanol–water partition coefficient (Wildman–Crippen LogP) is 13.8. The van der Waals surface area contributed by atoms with Gasteiger partial charge in [0.15, 0.2) is 4.24 Å². The molecule has 6 aromatic heterocycles. The summed E-state index contributed by atoms with van der Waals surface area (Å²) in [6.07, 6.45) is -15.3. The SMILES string of the molecule is [2H]c1c(Cl)sc2ncnc(N([2H])C3([2H])C([2H])([2H])C([2H])([2H])N(C([2H])([2H])c4ccc(C)c(C#N)c4)C([2H])([2H])C3([2H])[2H])c12.[2H]c1nc(N([2H])C2([2H])C([2H])([2H])CN(C([2H])([2H])c3ccc(C)c(C#N)c3)CC2([2H])[2H])c2c([2H])c(Cl)sc2n1.[2H]c1nc(N([2H])C2([2H])CC([2H])([2H])N(C([2H])([2H])c3ccc(C)c(C#N)c3)C([2H])([2H])C2)c2c([2H])c(Cl)sc2n1. The molecule has 0 unspecified atom stereocenters. The third-order valence-electron chi connectivity index (χ3n) is 11.4. The van der Waals surface area contributed by atoms with E-state index in [2.05, 4.69) is 29.9 Å². The van der Waals surface area contributed by atoms with Crippen molar-refractivity contribution < 1.29 is 45.4 Å². The number of nitriles is 3. The normalized spacial score (nSPS) is 28.4. The smallest absolute Gasteiger partial charge is 0.162 e. The molecule has 3 N–H and O–H groups in total. The summed E-state index contributed by atoms with van der Waals surface area (Å²) in [4.78, 5) is 24.4. The Labute approximate surface area is 545 Å². The summed E-state index contributed by atoms with van der Waals surface area (Å²) < 4.78 is 284. The van der Waals surface area contributed by atoms with Crippen molar-refractivity contribution in [1.29, 1.82) is 15.8 Å². The van der Waals surface area contributed by atoms with Gasteiger partial charge in [0.1, 0.15) is 53.6 Å². The summed E-state index contributed by atoms with van der Waals surface area (Å²) in [5.74, 6) is -1.57. The maximum atomic E-state index is 9.39. The molecule has 0 aliphatic carbocycles. The fraction of sp³-hybridized carbons (Fsp3) is 0.350. The van der Waals surface area contributed by atoms with Crippen molar-refractivity contribution >= 4 is 117 Å². The van der Waals surface area contributed by atoms with Gasteiger partial charge in [-0.1, -0.05) is 71.2 Å². The third-order valence-corrected chi connectivity index (χ3v) is 14.7. The number of benzene rings is 3. The van der Waals surface area contributed by atoms with E-state index in [1.54, 1.807) is 26.8 Å². The van der Waals surface area contributed by atoms with E-state index in [0.29, 0.717) is 26.9 Å². The van der Waals surface area contributed by atoms with Crippen LogP contribution in [0.4, 0.5) is 17.5 Å². The first-order valence-electron chi connectivity index (χ1n) is 39.9. The van der Waals surface area contributed by atoms with Crippen LogP contribution in [0.5, 0.6) is 0 Å². The number of anilines is 3. The standard InChI is InChI=1S/3C20H20ClN5S/c3*1-13-2-3-14(8-15(13)10-22)11-26-6-4-16(5-7-26)25-19-17-9-18(21)27-20(17)24-12-23-19/h3*2-3,8-9,12,16H,4-7,11H2,1H3,(H,23,24,25)/i4D2,5D2,6D2,7D2,9D,11D2,16D;6D2,7D2,9D,11D2,12D,16D;4D2,5D2,9D,11D2,12D,16D/hD3. The number of aryl methyl sites for hydroxylation is 3. The zero-order valence-electron chi connectivity index (χ0n) is 75.2. The molecule has 0 bridgehead atoms. The first-order chi connectivity index (χ1) is 52.1. The highest BCUT2D eigenvalue weighted by atomic mass is 35.5. The lowest BCUT2D eigenvalue weighted by Crippen LogP contribution is -2.38. The second-order valence-corrected chi connectivity index (χ2v) is 21.7. The molecule has 414 valence electrons. The van der Waals surface area contributed by atoms with Crippen LogP contribution in [0, 0.1) is 54.8 Å². The molecule has 0 atom stereocenters. The molecular weight excluding hydrogens is 1130 g/mol. The molecule has 3 aliphatic rings. The number of rotatable bonds is 12. The van der Waals surface area contributed by atoms with Gasteiger partial charge in [-0.15, -0.1) is 34.0 Å². The summed E-state index contributed by atoms with van der Waals surface area (Å²) in [6.45, 7) is -18.3. The number of fused-ring (bicyclic) bond motifs is 3. The Morgan fingerprint density at radius 3 is 1.38 bits per heavy atom. The zero-order valence-corrected chi connectivity index (χ0v) is 46.9. The fourth-order valence-electron chi connectivity index (χ4n) is 7.30. The molecule has 3 aliphatic heterocycles. The molecule has 81 heavy (non-hydrogen) atoms. The lowest BCUT2D eigenvalue weighted by atomic mass is 10.0. The first-order valence-corrected chi connectivity index (χ1v) is 27.2. The molecule has 0 saturated carbocycles. The number of nitrogens with zero attached hydrogens (tertiary/aromatic N) is 12. The molecule has 3 aromatic carbocycles. The van der Waals surface area contributed by atoms with Crippen LogP contribution in [-0.2, 0) is 19.5 Å². The molecule has 21 heteroatoms. The van der Waals surface area contributed by atoms with Crippen LogP contribution in [0.3, 0.4) is 0 Å². The highest BCUT2D eigenvalue weighted by molar-refractivity contribution is 7.23. The number of halogens is 3. The van der Waals surface area contributed by atoms with Crippen LogP contribution >= 0.6 is 68.8 Å². The van der Waals surface area contributed by atoms with E-state index >= 15 is 0 Å². The van der Waals surface area contributed by atoms with Gasteiger partial charge in [-0.3, -0.25) is 14.7 Å². The quantitative estimate of drug-likeness (QED) is 0.104. The summed E-state index contributed by atoms with van der Waals surface area (Å²) in [5.41, 5.74) is 1.41. The lowest BCUT2D eigenvalue weighted by molar-refractivity contribution is 0.211. The van der Waals surface area contributed by atoms with Gasteiger partial charge in [-0.25, -0.2) is 29.9 Å². The van der Waals surface area contributed by atoms with Crippen molar-refractivity contribution in [2.75, 3.05) is 55.0 Å². The molecule has 3 saturated heterocycles. The van der Waals surface area contributed by atoms with Gasteiger partial charge in [-0.05, 0) is 129 Å². The molecule has 3 fully saturated rings. The molecule has 9 heterocycles. The molecule has 0 radical (unpaired) electrons. The number of likely N-dealkylation sites (tertiary alicyclic amines) is 3. The Bertz CT molecular complexity index is 5410. The minimum absolute atomic E-state index is 0.0181. The van der Waals surface area contributed by atoms with Crippen LogP contribution in [-0.4, -0.2) is 102 Å². The number of hydrogen-bond donors (Lipinski definition) is 3. The highest BCUT2D eigenvalue weighted by Crippen LogP contribution is 2.35. The summed E-state index contributed by atoms with van der Waals surface area (Å²) in [7, 11) is 0. The summed E-state index contributed by atoms with van der Waals surface area (Å²) in [5, 5.41) is 28.2. The summed E-state index contributed by atoms with van der Waals surface area (Å²) in [6, 6.07) is 7.62. The number of thiophene rings is 3. The summed E-state index contributed by atoms with van der Waals surface area (Å²) >= 11 is 20.6. The number of nitrogens with one attached hydrogen (secondary N) is 3. The van der Waals surface area contributed by atoms with Crippen molar-refractivity contribution in [1.82, 2.24) is 44.6 Å². The number of piperidine rings is 3. The van der Waals surface area contributed by atoms with Crippen molar-refractivity contribution in [2.24, 2.45) is 0 Å². The largest absolute Gasteiger partial charge is 0.367 e. The highest BCUT2D eigenvalue weighted by Gasteiger charge is 2.24. The van der Waals surface area contributed by atoms with E-state index in [-0.39, 0.29) is 105 Å². The van der Waals surface area contributed by atoms with E-state index in [0.717, 1.165) is 57.4 Å². The van der Waals surface area contributed by atoms with Gasteiger partial charge < -0.3 is 15.9 Å². The third kappa shape index (κ3) is 14.9. The average Bonchev–Trinajstić information content (AvgIpc) is 0.700. The van der Waals surface area contributed by atoms with Gasteiger partial charge in [0, 0.05) is 107 Å². The predicted molar refractivity (Wildman–Crippen MR) is 331 cm³/mol. The van der Waals surface area contributed by atoms with Crippen molar-refractivity contribution in [3.05, 3.63) is 155 Å². The van der Waals surface area contributed by atoms with E-state index in [4.69, 9.17) is 80.2 Å². The molecule has 15 nitrogen and oxygen atoms in total. The number of aromatic nitrogens is 6. The van der Waals surface area contributed by atoms with E-state index in [9.17, 15) is 15.8 Å². The van der Waals surface area contributed by atoms with Gasteiger partial charge in [0.05, 0.1) is 72.3 Å². The van der Waals surface area contributed by atoms with Crippen LogP contribution in [0.25, 0.3) is 30.6 Å². The zero-order chi connectivity index (χ0) is 85.9. The topological polar surface area (TPSA) is 195 Å². The van der Waals surface area contributed by atoms with Crippen molar-refractivity contribution in [2.45, 2.75) is 96.6 Å². The van der Waals surface area contributed by atoms with Gasteiger partial charge >= 0.3 is 0 Å². The lowest BCUT2D eigenvalue weighted by Gasteiger charge is -2.32.